The minimum absolute atomic E-state index is 0.286. The van der Waals surface area contributed by atoms with Crippen LogP contribution in [0.4, 0.5) is 0 Å². The molecule has 1 unspecified atom stereocenters. The number of ether oxygens (including phenoxy) is 3. The number of carbonyl (C=O) groups is 2. The number of amides is 1. The Hall–Kier alpha value is -3.29. The lowest BCUT2D eigenvalue weighted by molar-refractivity contribution is -0.137. The predicted octanol–water partition coefficient (Wildman–Crippen LogP) is 2.05. The number of carbonyl (C=O) groups excluding carboxylic acids is 1. The number of nitrogens with zero attached hydrogens (tertiary/aromatic N) is 1. The van der Waals surface area contributed by atoms with E-state index in [1.807, 2.05) is 0 Å². The normalized spacial score (nSPS) is 11.3. The number of hydrogen-bond donors (Lipinski definition) is 2. The molecule has 2 aromatic rings. The Morgan fingerprint density at radius 2 is 1.88 bits per heavy atom. The molecule has 2 N–H and O–H groups in total. The fraction of sp³-hybridized carbons (Fsp3) is 0.278. The van der Waals surface area contributed by atoms with Crippen LogP contribution in [0.5, 0.6) is 17.4 Å². The standard InChI is InChI=1S/C18H20N2O6/c1-24-12-5-6-13(15(8-12)25-2)14(9-17(21)22)20-18(23)11-4-7-16(26-3)19-10-11/h4-8,10,14H,9H2,1-3H3,(H,20,23)(H,21,22). The first kappa shape index (κ1) is 19.0. The van der Waals surface area contributed by atoms with Crippen LogP contribution < -0.4 is 19.5 Å². The Kier molecular flexibility index (Phi) is 6.37. The van der Waals surface area contributed by atoms with Crippen LogP contribution in [0, 0.1) is 0 Å². The molecule has 8 heteroatoms. The zero-order chi connectivity index (χ0) is 19.1. The maximum absolute atomic E-state index is 12.5. The molecule has 26 heavy (non-hydrogen) atoms. The summed E-state index contributed by atoms with van der Waals surface area (Å²) in [7, 11) is 4.45. The third-order valence-corrected chi connectivity index (χ3v) is 3.71. The summed E-state index contributed by atoms with van der Waals surface area (Å²) < 4.78 is 15.4. The molecule has 0 bridgehead atoms. The second-order valence-electron chi connectivity index (χ2n) is 5.32. The van der Waals surface area contributed by atoms with Gasteiger partial charge in [-0.1, -0.05) is 0 Å². The van der Waals surface area contributed by atoms with Crippen LogP contribution in [0.15, 0.2) is 36.5 Å². The highest BCUT2D eigenvalue weighted by Crippen LogP contribution is 2.31. The molecule has 1 amide bonds. The van der Waals surface area contributed by atoms with Gasteiger partial charge in [0.25, 0.3) is 5.91 Å². The van der Waals surface area contributed by atoms with E-state index in [9.17, 15) is 14.7 Å². The number of carboxylic acid groups (broad SMARTS) is 1. The Bertz CT molecular complexity index is 776. The number of hydrogen-bond acceptors (Lipinski definition) is 6. The molecule has 0 aliphatic rings. The van der Waals surface area contributed by atoms with E-state index in [1.54, 1.807) is 30.3 Å². The molecule has 0 saturated carbocycles. The summed E-state index contributed by atoms with van der Waals surface area (Å²) in [5, 5.41) is 11.9. The number of rotatable bonds is 8. The van der Waals surface area contributed by atoms with Gasteiger partial charge < -0.3 is 24.6 Å². The van der Waals surface area contributed by atoms with Crippen molar-refractivity contribution in [3.63, 3.8) is 0 Å². The van der Waals surface area contributed by atoms with Gasteiger partial charge in [-0.2, -0.15) is 0 Å². The van der Waals surface area contributed by atoms with Crippen molar-refractivity contribution in [2.75, 3.05) is 21.3 Å². The fourth-order valence-electron chi connectivity index (χ4n) is 2.40. The van der Waals surface area contributed by atoms with Gasteiger partial charge in [0.05, 0.1) is 39.4 Å². The van der Waals surface area contributed by atoms with Crippen LogP contribution in [-0.2, 0) is 4.79 Å². The maximum Gasteiger partial charge on any atom is 0.305 e. The molecule has 138 valence electrons. The molecule has 0 fully saturated rings. The first-order valence-electron chi connectivity index (χ1n) is 7.73. The quantitative estimate of drug-likeness (QED) is 0.742. The van der Waals surface area contributed by atoms with Crippen molar-refractivity contribution < 1.29 is 28.9 Å². The SMILES string of the molecule is COc1ccc(C(CC(=O)O)NC(=O)c2ccc(OC)nc2)c(OC)c1. The largest absolute Gasteiger partial charge is 0.497 e. The summed E-state index contributed by atoms with van der Waals surface area (Å²) in [4.78, 5) is 27.7. The molecule has 2 rings (SSSR count). The number of carboxylic acids is 1. The van der Waals surface area contributed by atoms with E-state index in [2.05, 4.69) is 10.3 Å². The highest BCUT2D eigenvalue weighted by Gasteiger charge is 2.23. The topological polar surface area (TPSA) is 107 Å². The Labute approximate surface area is 150 Å². The number of aliphatic carboxylic acids is 1. The third kappa shape index (κ3) is 4.62. The number of methoxy groups -OCH3 is 3. The van der Waals surface area contributed by atoms with E-state index in [4.69, 9.17) is 14.2 Å². The molecule has 1 atom stereocenters. The summed E-state index contributed by atoms with van der Waals surface area (Å²) in [6.45, 7) is 0. The van der Waals surface area contributed by atoms with E-state index < -0.39 is 17.9 Å². The van der Waals surface area contributed by atoms with Crippen LogP contribution in [0.1, 0.15) is 28.4 Å². The number of pyridine rings is 1. The van der Waals surface area contributed by atoms with Gasteiger partial charge in [-0.15, -0.1) is 0 Å². The van der Waals surface area contributed by atoms with Gasteiger partial charge in [0.1, 0.15) is 11.5 Å². The monoisotopic (exact) mass is 360 g/mol. The van der Waals surface area contributed by atoms with Gasteiger partial charge in [-0.3, -0.25) is 9.59 Å². The van der Waals surface area contributed by atoms with Crippen LogP contribution in [-0.4, -0.2) is 43.3 Å². The number of aromatic nitrogens is 1. The minimum atomic E-state index is -1.05. The first-order chi connectivity index (χ1) is 12.5. The Balaban J connectivity index is 2.29. The average molecular weight is 360 g/mol. The lowest BCUT2D eigenvalue weighted by Gasteiger charge is -2.20. The maximum atomic E-state index is 12.5. The second-order valence-corrected chi connectivity index (χ2v) is 5.32. The van der Waals surface area contributed by atoms with E-state index in [0.29, 0.717) is 22.9 Å². The predicted molar refractivity (Wildman–Crippen MR) is 92.8 cm³/mol. The average Bonchev–Trinajstić information content (AvgIpc) is 2.66. The van der Waals surface area contributed by atoms with Crippen molar-refractivity contribution in [3.05, 3.63) is 47.7 Å². The fourth-order valence-corrected chi connectivity index (χ4v) is 2.40. The van der Waals surface area contributed by atoms with E-state index >= 15 is 0 Å². The number of nitrogens with one attached hydrogen (secondary N) is 1. The lowest BCUT2D eigenvalue weighted by Crippen LogP contribution is -2.30. The summed E-state index contributed by atoms with van der Waals surface area (Å²) >= 11 is 0. The second kappa shape index (κ2) is 8.70. The number of benzene rings is 1. The summed E-state index contributed by atoms with van der Waals surface area (Å²) in [6, 6.07) is 7.28. The van der Waals surface area contributed by atoms with Gasteiger partial charge in [0.15, 0.2) is 0 Å². The molecular formula is C18H20N2O6. The highest BCUT2D eigenvalue weighted by molar-refractivity contribution is 5.94. The van der Waals surface area contributed by atoms with Crippen molar-refractivity contribution >= 4 is 11.9 Å². The molecule has 0 spiro atoms. The lowest BCUT2D eigenvalue weighted by atomic mass is 10.0. The highest BCUT2D eigenvalue weighted by atomic mass is 16.5. The first-order valence-corrected chi connectivity index (χ1v) is 7.73. The van der Waals surface area contributed by atoms with Crippen molar-refractivity contribution in [2.45, 2.75) is 12.5 Å². The van der Waals surface area contributed by atoms with Crippen LogP contribution >= 0.6 is 0 Å². The van der Waals surface area contributed by atoms with Crippen molar-refractivity contribution in [1.82, 2.24) is 10.3 Å². The summed E-state index contributed by atoms with van der Waals surface area (Å²) in [5.74, 6) is -0.153. The van der Waals surface area contributed by atoms with Crippen molar-refractivity contribution in [2.24, 2.45) is 0 Å². The van der Waals surface area contributed by atoms with E-state index in [-0.39, 0.29) is 12.0 Å². The molecule has 1 aromatic heterocycles. The molecule has 0 aliphatic carbocycles. The van der Waals surface area contributed by atoms with Gasteiger partial charge in [0, 0.05) is 23.9 Å². The zero-order valence-electron chi connectivity index (χ0n) is 14.7. The van der Waals surface area contributed by atoms with Gasteiger partial charge in [0.2, 0.25) is 5.88 Å². The van der Waals surface area contributed by atoms with Gasteiger partial charge in [-0.25, -0.2) is 4.98 Å². The van der Waals surface area contributed by atoms with E-state index in [1.165, 1.54) is 27.5 Å². The zero-order valence-corrected chi connectivity index (χ0v) is 14.7. The summed E-state index contributed by atoms with van der Waals surface area (Å²) in [6.07, 6.45) is 1.05. The van der Waals surface area contributed by atoms with Crippen LogP contribution in [0.25, 0.3) is 0 Å². The Morgan fingerprint density at radius 1 is 1.12 bits per heavy atom. The molecule has 0 radical (unpaired) electrons. The van der Waals surface area contributed by atoms with Gasteiger partial charge >= 0.3 is 5.97 Å². The summed E-state index contributed by atoms with van der Waals surface area (Å²) in [5.41, 5.74) is 0.819. The smallest absolute Gasteiger partial charge is 0.305 e. The third-order valence-electron chi connectivity index (χ3n) is 3.71. The molecule has 1 heterocycles. The van der Waals surface area contributed by atoms with Crippen molar-refractivity contribution in [3.8, 4) is 17.4 Å². The molecule has 0 aliphatic heterocycles. The molecule has 8 nitrogen and oxygen atoms in total. The Morgan fingerprint density at radius 3 is 2.42 bits per heavy atom. The molecule has 0 saturated heterocycles. The van der Waals surface area contributed by atoms with Crippen LogP contribution in [0.3, 0.4) is 0 Å². The van der Waals surface area contributed by atoms with Crippen LogP contribution in [0.2, 0.25) is 0 Å². The van der Waals surface area contributed by atoms with Crippen molar-refractivity contribution in [1.29, 1.82) is 0 Å². The minimum Gasteiger partial charge on any atom is -0.497 e. The molecular weight excluding hydrogens is 340 g/mol. The van der Waals surface area contributed by atoms with E-state index in [0.717, 1.165) is 0 Å². The molecule has 1 aromatic carbocycles. The van der Waals surface area contributed by atoms with Gasteiger partial charge in [-0.05, 0) is 18.2 Å².